The summed E-state index contributed by atoms with van der Waals surface area (Å²) in [5.41, 5.74) is 2.91. The van der Waals surface area contributed by atoms with Gasteiger partial charge in [-0.15, -0.1) is 0 Å². The van der Waals surface area contributed by atoms with Crippen LogP contribution in [-0.4, -0.2) is 77.5 Å². The van der Waals surface area contributed by atoms with Crippen LogP contribution in [0.3, 0.4) is 0 Å². The number of nitrogens with zero attached hydrogens (tertiary/aromatic N) is 2. The van der Waals surface area contributed by atoms with Crippen LogP contribution in [0.15, 0.2) is 48.6 Å². The van der Waals surface area contributed by atoms with E-state index in [0.29, 0.717) is 30.3 Å². The van der Waals surface area contributed by atoms with Gasteiger partial charge in [-0.2, -0.15) is 0 Å². The maximum atomic E-state index is 13.5. The molecule has 6 atom stereocenters. The van der Waals surface area contributed by atoms with Gasteiger partial charge >= 0.3 is 0 Å². The summed E-state index contributed by atoms with van der Waals surface area (Å²) in [7, 11) is 2.01. The number of ether oxygens (including phenoxy) is 2. The molecular weight excluding hydrogens is 622 g/mol. The number of likely N-dealkylation sites (N-methyl/N-ethyl adjacent to an activating group) is 1. The number of hydrogen-bond acceptors (Lipinski definition) is 7. The minimum Gasteiger partial charge on any atom is -0.490 e. The maximum absolute atomic E-state index is 13.5. The van der Waals surface area contributed by atoms with Crippen molar-refractivity contribution in [2.24, 2.45) is 17.8 Å². The molecule has 46 heavy (non-hydrogen) atoms. The molecule has 2 aliphatic heterocycles. The van der Waals surface area contributed by atoms with Crippen molar-refractivity contribution in [2.45, 2.75) is 68.6 Å². The molecular formula is C36H48ClN3O5S. The van der Waals surface area contributed by atoms with E-state index in [1.54, 1.807) is 20.1 Å². The first-order chi connectivity index (χ1) is 21.9. The van der Waals surface area contributed by atoms with Crippen LogP contribution in [0.1, 0.15) is 67.4 Å². The lowest BCUT2D eigenvalue weighted by atomic mass is 9.63. The summed E-state index contributed by atoms with van der Waals surface area (Å²) in [5, 5.41) is -0.0215. The molecule has 0 unspecified atom stereocenters. The van der Waals surface area contributed by atoms with Crippen LogP contribution in [0.4, 0.5) is 5.69 Å². The Morgan fingerprint density at radius 2 is 1.96 bits per heavy atom. The highest BCUT2D eigenvalue weighted by atomic mass is 35.5. The largest absolute Gasteiger partial charge is 0.490 e. The van der Waals surface area contributed by atoms with Gasteiger partial charge in [-0.25, -0.2) is 13.1 Å². The quantitative estimate of drug-likeness (QED) is 0.412. The summed E-state index contributed by atoms with van der Waals surface area (Å²) in [6.45, 7) is 6.32. The number of carbonyl (C=O) groups excluding carboxylic acids is 1. The van der Waals surface area contributed by atoms with Crippen LogP contribution < -0.4 is 14.4 Å². The van der Waals surface area contributed by atoms with E-state index in [4.69, 9.17) is 21.1 Å². The topological polar surface area (TPSA) is 88.2 Å². The third kappa shape index (κ3) is 6.20. The molecule has 2 heterocycles. The van der Waals surface area contributed by atoms with Crippen molar-refractivity contribution in [3.8, 4) is 5.75 Å². The maximum Gasteiger partial charge on any atom is 0.264 e. The zero-order chi connectivity index (χ0) is 32.9. The molecule has 2 aromatic rings. The number of methoxy groups -OCH3 is 1. The minimum atomic E-state index is -3.93. The molecule has 1 spiro atoms. The Hall–Kier alpha value is -2.59. The first-order valence-electron chi connectivity index (χ1n) is 16.6. The fourth-order valence-corrected chi connectivity index (χ4v) is 9.78. The summed E-state index contributed by atoms with van der Waals surface area (Å²) in [6, 6.07) is 11.6. The summed E-state index contributed by atoms with van der Waals surface area (Å²) in [6.07, 6.45) is 9.95. The number of rotatable bonds is 3. The van der Waals surface area contributed by atoms with Crippen LogP contribution >= 0.6 is 11.6 Å². The number of fused-ring (bicyclic) bond motifs is 4. The predicted molar refractivity (Wildman–Crippen MR) is 183 cm³/mol. The van der Waals surface area contributed by atoms with Gasteiger partial charge in [-0.3, -0.25) is 4.79 Å². The highest BCUT2D eigenvalue weighted by molar-refractivity contribution is 7.90. The zero-order valence-corrected chi connectivity index (χ0v) is 29.3. The Morgan fingerprint density at radius 1 is 1.15 bits per heavy atom. The second-order valence-corrected chi connectivity index (χ2v) is 16.9. The van der Waals surface area contributed by atoms with Crippen molar-refractivity contribution < 1.29 is 22.7 Å². The van der Waals surface area contributed by atoms with Crippen molar-refractivity contribution >= 4 is 33.2 Å². The van der Waals surface area contributed by atoms with Crippen LogP contribution in [0.2, 0.25) is 5.02 Å². The summed E-state index contributed by atoms with van der Waals surface area (Å²) in [5.74, 6) is 0.506. The third-order valence-corrected chi connectivity index (χ3v) is 13.3. The highest BCUT2D eigenvalue weighted by Crippen LogP contribution is 2.49. The molecule has 1 amide bonds. The molecule has 10 heteroatoms. The zero-order valence-electron chi connectivity index (χ0n) is 27.7. The molecule has 1 fully saturated rings. The van der Waals surface area contributed by atoms with Gasteiger partial charge in [0.25, 0.3) is 5.91 Å². The van der Waals surface area contributed by atoms with Crippen LogP contribution in [-0.2, 0) is 26.6 Å². The van der Waals surface area contributed by atoms with E-state index in [9.17, 15) is 13.2 Å². The molecule has 2 bridgehead atoms. The Balaban J connectivity index is 1.47. The summed E-state index contributed by atoms with van der Waals surface area (Å²) >= 11 is 6.45. The summed E-state index contributed by atoms with van der Waals surface area (Å²) in [4.78, 5) is 18.1. The van der Waals surface area contributed by atoms with Crippen molar-refractivity contribution in [3.63, 3.8) is 0 Å². The van der Waals surface area contributed by atoms with E-state index < -0.39 is 26.8 Å². The molecule has 250 valence electrons. The molecule has 0 saturated heterocycles. The van der Waals surface area contributed by atoms with Crippen LogP contribution in [0.25, 0.3) is 0 Å². The average Bonchev–Trinajstić information content (AvgIpc) is 3.14. The van der Waals surface area contributed by atoms with E-state index in [1.807, 2.05) is 25.1 Å². The number of sulfonamides is 1. The van der Waals surface area contributed by atoms with E-state index in [-0.39, 0.29) is 17.3 Å². The minimum absolute atomic E-state index is 0.207. The highest BCUT2D eigenvalue weighted by Gasteiger charge is 2.49. The van der Waals surface area contributed by atoms with E-state index in [1.165, 1.54) is 11.1 Å². The lowest BCUT2D eigenvalue weighted by Gasteiger charge is -2.51. The first kappa shape index (κ1) is 33.3. The SMILES string of the molecule is CO[C@@]1(CN(C)C)/C=C\C[C@H](C)[C@@H](C)S(=O)(=O)NC(=O)c2ccc3c(c2)N(C[C@@H]2CC[C@H]21)C[C@@]1(CCCc2cc(Cl)ccc21)CO3. The lowest BCUT2D eigenvalue weighted by molar-refractivity contribution is -0.0861. The molecule has 6 rings (SSSR count). The van der Waals surface area contributed by atoms with Gasteiger partial charge in [0.15, 0.2) is 0 Å². The fraction of sp³-hybridized carbons (Fsp3) is 0.583. The number of halogens is 1. The molecule has 2 aromatic carbocycles. The van der Waals surface area contributed by atoms with Crippen molar-refractivity contribution in [1.29, 1.82) is 0 Å². The molecule has 1 saturated carbocycles. The van der Waals surface area contributed by atoms with Crippen molar-refractivity contribution in [3.05, 3.63) is 70.3 Å². The number of carbonyl (C=O) groups is 1. The average molecular weight is 670 g/mol. The molecule has 1 N–H and O–H groups in total. The third-order valence-electron chi connectivity index (χ3n) is 11.2. The predicted octanol–water partition coefficient (Wildman–Crippen LogP) is 5.83. The van der Waals surface area contributed by atoms with E-state index in [2.05, 4.69) is 52.9 Å². The molecule has 8 nitrogen and oxygen atoms in total. The van der Waals surface area contributed by atoms with Gasteiger partial charge in [0.1, 0.15) is 11.4 Å². The van der Waals surface area contributed by atoms with Gasteiger partial charge in [0.05, 0.1) is 17.5 Å². The Morgan fingerprint density at radius 3 is 2.67 bits per heavy atom. The van der Waals surface area contributed by atoms with Crippen LogP contribution in [0, 0.1) is 17.8 Å². The molecule has 2 aliphatic carbocycles. The number of allylic oxidation sites excluding steroid dienone is 1. The number of benzene rings is 2. The Labute approximate surface area is 279 Å². The van der Waals surface area contributed by atoms with Gasteiger partial charge in [-0.05, 0) is 119 Å². The number of hydrogen-bond donors (Lipinski definition) is 1. The monoisotopic (exact) mass is 669 g/mol. The fourth-order valence-electron chi connectivity index (χ4n) is 8.30. The van der Waals surface area contributed by atoms with E-state index >= 15 is 0 Å². The standard InChI is InChI=1S/C36H48ClN3O5S/c1-24-8-6-17-36(44-5,22-39(3)4)31-13-10-28(31)20-40-21-35(16-7-9-26-18-29(37)12-14-30(26)35)23-45-33-15-11-27(19-32(33)40)34(41)38-46(42,43)25(24)2/h6,11-12,14-15,17-19,24-25,28,31H,7-10,13,16,20-23H2,1-5H3,(H,38,41)/b17-6-/t24-,25+,28-,31+,35-,36+/m0/s1. The first-order valence-corrected chi connectivity index (χ1v) is 18.5. The van der Waals surface area contributed by atoms with Crippen molar-refractivity contribution in [2.75, 3.05) is 52.3 Å². The molecule has 0 aromatic heterocycles. The molecule has 0 radical (unpaired) electrons. The Bertz CT molecular complexity index is 1610. The smallest absolute Gasteiger partial charge is 0.264 e. The van der Waals surface area contributed by atoms with Gasteiger partial charge in [0, 0.05) is 42.7 Å². The van der Waals surface area contributed by atoms with Gasteiger partial charge in [0.2, 0.25) is 10.0 Å². The Kier molecular flexibility index (Phi) is 9.26. The van der Waals surface area contributed by atoms with Crippen molar-refractivity contribution in [1.82, 2.24) is 9.62 Å². The van der Waals surface area contributed by atoms with Gasteiger partial charge in [-0.1, -0.05) is 36.7 Å². The van der Waals surface area contributed by atoms with Gasteiger partial charge < -0.3 is 19.3 Å². The summed E-state index contributed by atoms with van der Waals surface area (Å²) < 4.78 is 42.2. The lowest BCUT2D eigenvalue weighted by Crippen LogP contribution is -2.56. The number of nitrogens with one attached hydrogen (secondary N) is 1. The molecule has 4 aliphatic rings. The normalized spacial score (nSPS) is 33.2. The number of anilines is 1. The van der Waals surface area contributed by atoms with Crippen LogP contribution in [0.5, 0.6) is 5.75 Å². The second-order valence-electron chi connectivity index (χ2n) is 14.4. The van der Waals surface area contributed by atoms with E-state index in [0.717, 1.165) is 62.4 Å². The number of aryl methyl sites for hydroxylation is 1. The number of amides is 1. The second kappa shape index (κ2) is 12.8.